The van der Waals surface area contributed by atoms with E-state index in [2.05, 4.69) is 22.8 Å². The van der Waals surface area contributed by atoms with Crippen LogP contribution in [-0.2, 0) is 35.4 Å². The van der Waals surface area contributed by atoms with Gasteiger partial charge in [-0.2, -0.15) is 9.78 Å². The van der Waals surface area contributed by atoms with Gasteiger partial charge in [0.15, 0.2) is 0 Å². The van der Waals surface area contributed by atoms with Crippen molar-refractivity contribution in [1.82, 2.24) is 0 Å². The van der Waals surface area contributed by atoms with Crippen molar-refractivity contribution in [3.63, 3.8) is 0 Å². The van der Waals surface area contributed by atoms with Gasteiger partial charge in [-0.1, -0.05) is 24.3 Å². The molecule has 2 aromatic carbocycles. The van der Waals surface area contributed by atoms with Crippen LogP contribution in [0.2, 0.25) is 0 Å². The van der Waals surface area contributed by atoms with E-state index >= 15 is 0 Å². The average Bonchev–Trinajstić information content (AvgIpc) is 3.58. The van der Waals surface area contributed by atoms with E-state index in [1.54, 1.807) is 7.11 Å². The van der Waals surface area contributed by atoms with Gasteiger partial charge >= 0.3 is 12.0 Å². The van der Waals surface area contributed by atoms with Gasteiger partial charge < -0.3 is 20.1 Å². The monoisotopic (exact) mass is 374 g/mol. The highest BCUT2D eigenvalue weighted by molar-refractivity contribution is 5.48. The minimum atomic E-state index is -1.20. The van der Waals surface area contributed by atoms with Gasteiger partial charge in [-0.3, -0.25) is 0 Å². The van der Waals surface area contributed by atoms with Crippen molar-refractivity contribution in [2.45, 2.75) is 25.4 Å². The fourth-order valence-corrected chi connectivity index (χ4v) is 2.61. The second-order valence-electron chi connectivity index (χ2n) is 6.50. The molecule has 2 aliphatic heterocycles. The van der Waals surface area contributed by atoms with Gasteiger partial charge in [-0.25, -0.2) is 0 Å². The molecule has 4 rings (SSSR count). The number of nitrogens with one attached hydrogen (secondary N) is 2. The first-order valence-corrected chi connectivity index (χ1v) is 8.69. The third kappa shape index (κ3) is 4.95. The average molecular weight is 374 g/mol. The van der Waals surface area contributed by atoms with Gasteiger partial charge in [0.1, 0.15) is 0 Å². The number of hydrogen-bond donors (Lipinski definition) is 2. The molecule has 0 aromatic heterocycles. The molecule has 2 heterocycles. The molecule has 2 N–H and O–H groups in total. The zero-order valence-electron chi connectivity index (χ0n) is 15.2. The fourth-order valence-electron chi connectivity index (χ4n) is 2.61. The Hall–Kier alpha value is -2.20. The van der Waals surface area contributed by atoms with E-state index in [9.17, 15) is 0 Å². The fraction of sp³-hybridized carbons (Fsp3) is 0.368. The van der Waals surface area contributed by atoms with Crippen LogP contribution in [0.5, 0.6) is 0 Å². The molecule has 0 unspecified atom stereocenters. The van der Waals surface area contributed by atoms with Gasteiger partial charge in [-0.05, 0) is 41.8 Å². The van der Waals surface area contributed by atoms with Crippen LogP contribution in [0.4, 0.5) is 11.4 Å². The summed E-state index contributed by atoms with van der Waals surface area (Å²) in [4.78, 5) is 19.5. The largest absolute Gasteiger partial charge is 0.428 e. The van der Waals surface area contributed by atoms with Gasteiger partial charge in [0.25, 0.3) is 0 Å². The normalized spacial score (nSPS) is 18.7. The van der Waals surface area contributed by atoms with Crippen molar-refractivity contribution in [1.29, 1.82) is 0 Å². The predicted octanol–water partition coefficient (Wildman–Crippen LogP) is 2.97. The van der Waals surface area contributed by atoms with Crippen LogP contribution < -0.4 is 10.6 Å². The molecule has 2 aliphatic rings. The summed E-state index contributed by atoms with van der Waals surface area (Å²) in [5, 5.41) is 6.20. The summed E-state index contributed by atoms with van der Waals surface area (Å²) in [6, 6.07) is 16.2. The Labute approximate surface area is 157 Å². The molecule has 0 saturated carbocycles. The Morgan fingerprint density at radius 2 is 1.33 bits per heavy atom. The number of benzene rings is 2. The topological polar surface area (TPSA) is 92.6 Å². The molecule has 0 atom stereocenters. The third-order valence-electron chi connectivity index (χ3n) is 4.13. The van der Waals surface area contributed by atoms with E-state index in [0.717, 1.165) is 17.8 Å². The summed E-state index contributed by atoms with van der Waals surface area (Å²) in [6.07, 6.45) is -0.373. The summed E-state index contributed by atoms with van der Waals surface area (Å²) in [6.45, 7) is 2.65. The smallest absolute Gasteiger partial charge is 0.382 e. The highest BCUT2D eigenvalue weighted by atomic mass is 17.5. The lowest BCUT2D eigenvalue weighted by Gasteiger charge is -2.12. The molecule has 8 nitrogen and oxygen atoms in total. The second-order valence-corrected chi connectivity index (χ2v) is 6.50. The van der Waals surface area contributed by atoms with Crippen molar-refractivity contribution < 1.29 is 29.0 Å². The highest BCUT2D eigenvalue weighted by Crippen LogP contribution is 2.32. The maximum Gasteiger partial charge on any atom is 0.428 e. The van der Waals surface area contributed by atoms with Crippen molar-refractivity contribution in [2.75, 3.05) is 31.0 Å². The Morgan fingerprint density at radius 1 is 0.778 bits per heavy atom. The molecule has 8 heteroatoms. The predicted molar refractivity (Wildman–Crippen MR) is 96.2 cm³/mol. The number of hydrogen-bond acceptors (Lipinski definition) is 8. The van der Waals surface area contributed by atoms with E-state index in [1.165, 1.54) is 11.1 Å². The molecular weight excluding hydrogens is 352 g/mol. The Balaban J connectivity index is 1.30. The van der Waals surface area contributed by atoms with Crippen molar-refractivity contribution >= 4 is 11.4 Å². The maximum atomic E-state index is 5.46. The first-order chi connectivity index (χ1) is 13.1. The van der Waals surface area contributed by atoms with Crippen LogP contribution in [0.3, 0.4) is 0 Å². The molecule has 0 amide bonds. The quantitative estimate of drug-likeness (QED) is 0.284. The highest BCUT2D eigenvalue weighted by Gasteiger charge is 2.52. The van der Waals surface area contributed by atoms with Gasteiger partial charge in [0.2, 0.25) is 0 Å². The Kier molecular flexibility index (Phi) is 5.00. The standard InChI is InChI=1S/C19H22N2O6/c1-18(24-25-18)20-16-7-3-14(4-8-16)13-15-5-9-17(10-6-15)21-19(26-27-19)23-12-11-22-2/h3-10,20-21H,11-13H2,1-2H3. The van der Waals surface area contributed by atoms with Gasteiger partial charge in [-0.15, -0.1) is 9.78 Å². The van der Waals surface area contributed by atoms with E-state index in [1.807, 2.05) is 43.3 Å². The molecule has 27 heavy (non-hydrogen) atoms. The van der Waals surface area contributed by atoms with Crippen LogP contribution in [-0.4, -0.2) is 32.3 Å². The second kappa shape index (κ2) is 7.43. The summed E-state index contributed by atoms with van der Waals surface area (Å²) < 4.78 is 10.4. The molecule has 0 aliphatic carbocycles. The minimum Gasteiger partial charge on any atom is -0.382 e. The van der Waals surface area contributed by atoms with E-state index in [-0.39, 0.29) is 0 Å². The SMILES string of the molecule is COCCOC1(Nc2ccc(Cc3ccc(NC4(C)OO4)cc3)cc2)OO1. The number of anilines is 2. The molecular formula is C19H22N2O6. The minimum absolute atomic E-state index is 0.365. The lowest BCUT2D eigenvalue weighted by molar-refractivity contribution is -0.0512. The van der Waals surface area contributed by atoms with Crippen LogP contribution in [0.25, 0.3) is 0 Å². The molecule has 2 fully saturated rings. The number of rotatable bonds is 10. The summed E-state index contributed by atoms with van der Waals surface area (Å²) in [5.41, 5.74) is 4.18. The summed E-state index contributed by atoms with van der Waals surface area (Å²) in [5.74, 6) is -0.691. The van der Waals surface area contributed by atoms with Crippen LogP contribution >= 0.6 is 0 Å². The summed E-state index contributed by atoms with van der Waals surface area (Å²) >= 11 is 0. The maximum absolute atomic E-state index is 5.46. The van der Waals surface area contributed by atoms with Crippen molar-refractivity contribution in [2.24, 2.45) is 0 Å². The Bertz CT molecular complexity index is 757. The lowest BCUT2D eigenvalue weighted by Crippen LogP contribution is -2.28. The van der Waals surface area contributed by atoms with Gasteiger partial charge in [0, 0.05) is 25.4 Å². The summed E-state index contributed by atoms with van der Waals surface area (Å²) in [7, 11) is 1.61. The molecule has 2 saturated heterocycles. The molecule has 0 spiro atoms. The van der Waals surface area contributed by atoms with Crippen LogP contribution in [0.1, 0.15) is 18.1 Å². The van der Waals surface area contributed by atoms with E-state index in [4.69, 9.17) is 29.0 Å². The Morgan fingerprint density at radius 3 is 1.81 bits per heavy atom. The zero-order chi connectivity index (χ0) is 18.7. The molecule has 2 aromatic rings. The first kappa shape index (κ1) is 18.2. The zero-order valence-corrected chi connectivity index (χ0v) is 15.2. The third-order valence-corrected chi connectivity index (χ3v) is 4.13. The van der Waals surface area contributed by atoms with Crippen LogP contribution in [0, 0.1) is 0 Å². The molecule has 144 valence electrons. The van der Waals surface area contributed by atoms with Crippen molar-refractivity contribution in [3.05, 3.63) is 59.7 Å². The van der Waals surface area contributed by atoms with Crippen LogP contribution in [0.15, 0.2) is 48.5 Å². The first-order valence-electron chi connectivity index (χ1n) is 8.69. The number of methoxy groups -OCH3 is 1. The molecule has 0 radical (unpaired) electrons. The van der Waals surface area contributed by atoms with E-state index < -0.39 is 12.0 Å². The molecule has 0 bridgehead atoms. The van der Waals surface area contributed by atoms with Crippen molar-refractivity contribution in [3.8, 4) is 0 Å². The van der Waals surface area contributed by atoms with E-state index in [0.29, 0.717) is 13.2 Å². The number of ether oxygens (including phenoxy) is 2. The lowest BCUT2D eigenvalue weighted by atomic mass is 10.0. The van der Waals surface area contributed by atoms with Gasteiger partial charge in [0.05, 0.1) is 13.2 Å².